The Hall–Kier alpha value is -3.48. The highest BCUT2D eigenvalue weighted by Crippen LogP contribution is 2.25. The minimum atomic E-state index is -0.349. The average molecular weight is 467 g/mol. The number of hydrogen-bond acceptors (Lipinski definition) is 3. The van der Waals surface area contributed by atoms with Crippen molar-refractivity contribution in [2.24, 2.45) is 5.92 Å². The SMILES string of the molecule is O=C(NCCc1ccccc1F)C1CCN(C(=O)CCc2ccc(-c3ccccc3F)o2)CC1. The molecular formula is C27H28F2N2O3. The van der Waals surface area contributed by atoms with Crippen molar-refractivity contribution >= 4 is 11.8 Å². The van der Waals surface area contributed by atoms with Gasteiger partial charge in [-0.2, -0.15) is 0 Å². The van der Waals surface area contributed by atoms with E-state index in [0.29, 0.717) is 74.4 Å². The van der Waals surface area contributed by atoms with E-state index < -0.39 is 0 Å². The van der Waals surface area contributed by atoms with Crippen LogP contribution in [-0.4, -0.2) is 36.3 Å². The summed E-state index contributed by atoms with van der Waals surface area (Å²) < 4.78 is 33.3. The Morgan fingerprint density at radius 3 is 2.35 bits per heavy atom. The fourth-order valence-electron chi connectivity index (χ4n) is 4.26. The summed E-state index contributed by atoms with van der Waals surface area (Å²) in [5.41, 5.74) is 0.982. The topological polar surface area (TPSA) is 62.6 Å². The molecule has 1 aliphatic heterocycles. The number of amides is 2. The largest absolute Gasteiger partial charge is 0.461 e. The number of aryl methyl sites for hydroxylation is 1. The van der Waals surface area contributed by atoms with Crippen LogP contribution < -0.4 is 5.32 Å². The Labute approximate surface area is 197 Å². The average Bonchev–Trinajstić information content (AvgIpc) is 3.33. The maximum atomic E-state index is 13.9. The molecule has 7 heteroatoms. The minimum Gasteiger partial charge on any atom is -0.461 e. The van der Waals surface area contributed by atoms with Crippen LogP contribution >= 0.6 is 0 Å². The molecule has 1 saturated heterocycles. The highest BCUT2D eigenvalue weighted by atomic mass is 19.1. The number of benzene rings is 2. The number of carbonyl (C=O) groups excluding carboxylic acids is 2. The molecule has 1 N–H and O–H groups in total. The van der Waals surface area contributed by atoms with Crippen LogP contribution in [0, 0.1) is 17.6 Å². The number of likely N-dealkylation sites (tertiary alicyclic amines) is 1. The van der Waals surface area contributed by atoms with Gasteiger partial charge in [-0.15, -0.1) is 0 Å². The van der Waals surface area contributed by atoms with Gasteiger partial charge in [0.15, 0.2) is 0 Å². The van der Waals surface area contributed by atoms with Crippen LogP contribution in [-0.2, 0) is 22.4 Å². The first kappa shape index (κ1) is 23.7. The van der Waals surface area contributed by atoms with Crippen molar-refractivity contribution < 1.29 is 22.8 Å². The Morgan fingerprint density at radius 1 is 0.912 bits per heavy atom. The molecule has 5 nitrogen and oxygen atoms in total. The van der Waals surface area contributed by atoms with Crippen LogP contribution in [0.25, 0.3) is 11.3 Å². The second-order valence-electron chi connectivity index (χ2n) is 8.53. The van der Waals surface area contributed by atoms with E-state index >= 15 is 0 Å². The van der Waals surface area contributed by atoms with Crippen LogP contribution in [0.5, 0.6) is 0 Å². The highest BCUT2D eigenvalue weighted by molar-refractivity contribution is 5.80. The van der Waals surface area contributed by atoms with Crippen molar-refractivity contribution in [3.8, 4) is 11.3 Å². The zero-order valence-corrected chi connectivity index (χ0v) is 18.9. The molecular weight excluding hydrogens is 438 g/mol. The van der Waals surface area contributed by atoms with Crippen molar-refractivity contribution in [2.45, 2.75) is 32.1 Å². The summed E-state index contributed by atoms with van der Waals surface area (Å²) in [6.45, 7) is 1.45. The lowest BCUT2D eigenvalue weighted by molar-refractivity contribution is -0.135. The summed E-state index contributed by atoms with van der Waals surface area (Å²) in [6, 6.07) is 16.5. The number of carbonyl (C=O) groups is 2. The Morgan fingerprint density at radius 2 is 1.62 bits per heavy atom. The predicted octanol–water partition coefficient (Wildman–Crippen LogP) is 4.75. The van der Waals surface area contributed by atoms with E-state index in [2.05, 4.69) is 5.32 Å². The molecule has 34 heavy (non-hydrogen) atoms. The molecule has 0 spiro atoms. The first-order chi connectivity index (χ1) is 16.5. The third-order valence-electron chi connectivity index (χ3n) is 6.26. The highest BCUT2D eigenvalue weighted by Gasteiger charge is 2.27. The molecule has 0 bridgehead atoms. The zero-order valence-electron chi connectivity index (χ0n) is 18.9. The molecule has 1 aromatic heterocycles. The third-order valence-corrected chi connectivity index (χ3v) is 6.26. The van der Waals surface area contributed by atoms with Gasteiger partial charge in [0.05, 0.1) is 5.56 Å². The lowest BCUT2D eigenvalue weighted by Crippen LogP contribution is -2.43. The number of furan rings is 1. The maximum absolute atomic E-state index is 13.9. The maximum Gasteiger partial charge on any atom is 0.223 e. The summed E-state index contributed by atoms with van der Waals surface area (Å²) in [4.78, 5) is 26.9. The van der Waals surface area contributed by atoms with Gasteiger partial charge in [0.2, 0.25) is 11.8 Å². The van der Waals surface area contributed by atoms with Gasteiger partial charge in [0.1, 0.15) is 23.2 Å². The Bertz CT molecular complexity index is 1140. The van der Waals surface area contributed by atoms with Gasteiger partial charge in [0.25, 0.3) is 0 Å². The quantitative estimate of drug-likeness (QED) is 0.521. The van der Waals surface area contributed by atoms with E-state index in [-0.39, 0.29) is 29.4 Å². The molecule has 2 amide bonds. The molecule has 3 aromatic rings. The van der Waals surface area contributed by atoms with E-state index in [1.165, 1.54) is 12.1 Å². The standard InChI is InChI=1S/C27H28F2N2O3/c28-23-7-3-1-5-19(23)13-16-30-27(33)20-14-17-31(18-15-20)26(32)12-10-21-9-11-25(34-21)22-6-2-4-8-24(22)29/h1-9,11,20H,10,12-18H2,(H,30,33). The molecule has 0 unspecified atom stereocenters. The van der Waals surface area contributed by atoms with E-state index in [1.54, 1.807) is 53.4 Å². The number of hydrogen-bond donors (Lipinski definition) is 1. The molecule has 0 aliphatic carbocycles. The van der Waals surface area contributed by atoms with Gasteiger partial charge in [-0.05, 0) is 55.2 Å². The summed E-state index contributed by atoms with van der Waals surface area (Å²) in [6.07, 6.45) is 2.39. The molecule has 1 fully saturated rings. The Kier molecular flexibility index (Phi) is 7.72. The summed E-state index contributed by atoms with van der Waals surface area (Å²) in [5.74, 6) is 0.304. The predicted molar refractivity (Wildman–Crippen MR) is 125 cm³/mol. The molecule has 178 valence electrons. The van der Waals surface area contributed by atoms with Gasteiger partial charge >= 0.3 is 0 Å². The summed E-state index contributed by atoms with van der Waals surface area (Å²) in [5, 5.41) is 2.89. The van der Waals surface area contributed by atoms with Crippen molar-refractivity contribution in [1.29, 1.82) is 0 Å². The monoisotopic (exact) mass is 466 g/mol. The van der Waals surface area contributed by atoms with Crippen LogP contribution in [0.4, 0.5) is 8.78 Å². The van der Waals surface area contributed by atoms with Crippen molar-refractivity contribution in [3.63, 3.8) is 0 Å². The van der Waals surface area contributed by atoms with Crippen molar-refractivity contribution in [3.05, 3.63) is 83.6 Å². The number of nitrogens with one attached hydrogen (secondary N) is 1. The zero-order chi connectivity index (χ0) is 23.9. The lowest BCUT2D eigenvalue weighted by atomic mass is 9.95. The first-order valence-electron chi connectivity index (χ1n) is 11.6. The summed E-state index contributed by atoms with van der Waals surface area (Å²) in [7, 11) is 0. The fraction of sp³-hybridized carbons (Fsp3) is 0.333. The Balaban J connectivity index is 1.18. The van der Waals surface area contributed by atoms with Gasteiger partial charge in [-0.1, -0.05) is 30.3 Å². The minimum absolute atomic E-state index is 0.0160. The third kappa shape index (κ3) is 5.90. The molecule has 2 heterocycles. The van der Waals surface area contributed by atoms with E-state index in [9.17, 15) is 18.4 Å². The normalized spacial score (nSPS) is 14.2. The molecule has 0 atom stereocenters. The van der Waals surface area contributed by atoms with Crippen molar-refractivity contribution in [1.82, 2.24) is 10.2 Å². The molecule has 0 saturated carbocycles. The van der Waals surface area contributed by atoms with E-state index in [4.69, 9.17) is 4.42 Å². The molecule has 1 aliphatic rings. The van der Waals surface area contributed by atoms with Gasteiger partial charge in [-0.3, -0.25) is 9.59 Å². The van der Waals surface area contributed by atoms with Gasteiger partial charge in [-0.25, -0.2) is 8.78 Å². The van der Waals surface area contributed by atoms with Crippen molar-refractivity contribution in [2.75, 3.05) is 19.6 Å². The van der Waals surface area contributed by atoms with Gasteiger partial charge < -0.3 is 14.6 Å². The molecule has 0 radical (unpaired) electrons. The second kappa shape index (κ2) is 11.1. The number of nitrogens with zero attached hydrogens (tertiary/aromatic N) is 1. The smallest absolute Gasteiger partial charge is 0.223 e. The molecule has 4 rings (SSSR count). The fourth-order valence-corrected chi connectivity index (χ4v) is 4.26. The van der Waals surface area contributed by atoms with Crippen LogP contribution in [0.2, 0.25) is 0 Å². The van der Waals surface area contributed by atoms with E-state index in [1.807, 2.05) is 0 Å². The first-order valence-corrected chi connectivity index (χ1v) is 11.6. The summed E-state index contributed by atoms with van der Waals surface area (Å²) >= 11 is 0. The van der Waals surface area contributed by atoms with Crippen LogP contribution in [0.1, 0.15) is 30.6 Å². The van der Waals surface area contributed by atoms with Crippen LogP contribution in [0.15, 0.2) is 65.1 Å². The number of halogens is 2. The van der Waals surface area contributed by atoms with E-state index in [0.717, 1.165) is 0 Å². The number of piperidine rings is 1. The lowest BCUT2D eigenvalue weighted by Gasteiger charge is -2.31. The van der Waals surface area contributed by atoms with Gasteiger partial charge in [0, 0.05) is 38.4 Å². The second-order valence-corrected chi connectivity index (χ2v) is 8.53. The number of rotatable bonds is 8. The van der Waals surface area contributed by atoms with Crippen LogP contribution in [0.3, 0.4) is 0 Å². The molecule has 2 aromatic carbocycles.